The van der Waals surface area contributed by atoms with E-state index in [-0.39, 0.29) is 0 Å². The van der Waals surface area contributed by atoms with Crippen LogP contribution < -0.4 is 10.6 Å². The number of pyridine rings is 1. The van der Waals surface area contributed by atoms with Crippen molar-refractivity contribution in [2.24, 2.45) is 11.7 Å². The molecule has 0 radical (unpaired) electrons. The lowest BCUT2D eigenvalue weighted by atomic mass is 10.2. The van der Waals surface area contributed by atoms with Crippen LogP contribution in [0.5, 0.6) is 0 Å². The number of nitrogens with two attached hydrogens (primary N) is 1. The molecule has 4 heteroatoms. The maximum atomic E-state index is 6.32. The quantitative estimate of drug-likeness (QED) is 0.875. The third-order valence-corrected chi connectivity index (χ3v) is 3.80. The lowest BCUT2D eigenvalue weighted by Crippen LogP contribution is -2.29. The molecule has 2 N–H and O–H groups in total. The van der Waals surface area contributed by atoms with Crippen molar-refractivity contribution in [3.05, 3.63) is 22.8 Å². The fourth-order valence-electron chi connectivity index (χ4n) is 2.17. The molecular weight excluding hydrogens is 234 g/mol. The van der Waals surface area contributed by atoms with Gasteiger partial charge >= 0.3 is 0 Å². The van der Waals surface area contributed by atoms with E-state index in [0.717, 1.165) is 28.9 Å². The van der Waals surface area contributed by atoms with Crippen molar-refractivity contribution in [2.45, 2.75) is 38.3 Å². The Morgan fingerprint density at radius 3 is 2.65 bits per heavy atom. The minimum atomic E-state index is 0.499. The van der Waals surface area contributed by atoms with E-state index in [1.165, 1.54) is 25.7 Å². The van der Waals surface area contributed by atoms with Crippen LogP contribution in [-0.4, -0.2) is 17.6 Å². The summed E-state index contributed by atoms with van der Waals surface area (Å²) in [5.74, 6) is 1.82. The van der Waals surface area contributed by atoms with Gasteiger partial charge in [-0.05, 0) is 43.2 Å². The van der Waals surface area contributed by atoms with Crippen LogP contribution in [0, 0.1) is 5.92 Å². The van der Waals surface area contributed by atoms with E-state index in [1.54, 1.807) is 0 Å². The minimum absolute atomic E-state index is 0.499. The Morgan fingerprint density at radius 1 is 1.35 bits per heavy atom. The average Bonchev–Trinajstić information content (AvgIpc) is 3.18. The molecule has 0 bridgehead atoms. The normalized spacial score (nSPS) is 19.4. The Bertz CT molecular complexity index is 413. The molecule has 2 fully saturated rings. The number of hydrogen-bond acceptors (Lipinski definition) is 3. The van der Waals surface area contributed by atoms with Crippen LogP contribution in [0.2, 0.25) is 5.02 Å². The Kier molecular flexibility index (Phi) is 2.97. The van der Waals surface area contributed by atoms with E-state index in [2.05, 4.69) is 9.88 Å². The Morgan fingerprint density at radius 2 is 2.12 bits per heavy atom. The van der Waals surface area contributed by atoms with Gasteiger partial charge in [0.1, 0.15) is 5.82 Å². The molecule has 0 amide bonds. The maximum Gasteiger partial charge on any atom is 0.147 e. The molecule has 0 spiro atoms. The predicted molar refractivity (Wildman–Crippen MR) is 70.2 cm³/mol. The van der Waals surface area contributed by atoms with Crippen LogP contribution in [0.4, 0.5) is 5.82 Å². The molecule has 0 aliphatic heterocycles. The van der Waals surface area contributed by atoms with E-state index in [9.17, 15) is 0 Å². The zero-order valence-electron chi connectivity index (χ0n) is 9.90. The van der Waals surface area contributed by atoms with Gasteiger partial charge in [0.25, 0.3) is 0 Å². The van der Waals surface area contributed by atoms with Crippen LogP contribution in [0.1, 0.15) is 31.2 Å². The van der Waals surface area contributed by atoms with E-state index in [4.69, 9.17) is 17.3 Å². The second-order valence-electron chi connectivity index (χ2n) is 5.18. The third kappa shape index (κ3) is 2.55. The van der Waals surface area contributed by atoms with Crippen LogP contribution in [0.25, 0.3) is 0 Å². The summed E-state index contributed by atoms with van der Waals surface area (Å²) >= 11 is 6.32. The number of anilines is 1. The molecule has 2 saturated carbocycles. The van der Waals surface area contributed by atoms with Crippen LogP contribution in [0.15, 0.2) is 12.3 Å². The number of aromatic nitrogens is 1. The van der Waals surface area contributed by atoms with E-state index in [0.29, 0.717) is 12.6 Å². The third-order valence-electron chi connectivity index (χ3n) is 3.53. The lowest BCUT2D eigenvalue weighted by Gasteiger charge is -2.24. The van der Waals surface area contributed by atoms with Crippen molar-refractivity contribution in [1.29, 1.82) is 0 Å². The summed E-state index contributed by atoms with van der Waals surface area (Å²) in [6, 6.07) is 2.62. The molecule has 0 saturated heterocycles. The highest BCUT2D eigenvalue weighted by Gasteiger charge is 2.35. The molecule has 17 heavy (non-hydrogen) atoms. The highest BCUT2D eigenvalue weighted by atomic mass is 35.5. The standard InChI is InChI=1S/C13H18ClN3/c14-12-5-10(6-15)7-16-13(12)17(11-3-4-11)8-9-1-2-9/h5,7,9,11H,1-4,6,8,15H2. The first kappa shape index (κ1) is 11.3. The molecule has 0 atom stereocenters. The van der Waals surface area contributed by atoms with Gasteiger partial charge in [-0.2, -0.15) is 0 Å². The molecule has 0 aromatic carbocycles. The summed E-state index contributed by atoms with van der Waals surface area (Å²) in [5, 5.41) is 0.750. The molecule has 92 valence electrons. The van der Waals surface area contributed by atoms with Crippen molar-refractivity contribution < 1.29 is 0 Å². The smallest absolute Gasteiger partial charge is 0.147 e. The van der Waals surface area contributed by atoms with Crippen LogP contribution >= 0.6 is 11.6 Å². The summed E-state index contributed by atoms with van der Waals surface area (Å²) in [5.41, 5.74) is 6.60. The van der Waals surface area contributed by atoms with Gasteiger partial charge in [-0.15, -0.1) is 0 Å². The Labute approximate surface area is 107 Å². The largest absolute Gasteiger partial charge is 0.352 e. The minimum Gasteiger partial charge on any atom is -0.352 e. The molecule has 0 unspecified atom stereocenters. The van der Waals surface area contributed by atoms with Crippen LogP contribution in [0.3, 0.4) is 0 Å². The molecular formula is C13H18ClN3. The van der Waals surface area contributed by atoms with Crippen LogP contribution in [-0.2, 0) is 6.54 Å². The molecule has 1 heterocycles. The lowest BCUT2D eigenvalue weighted by molar-refractivity contribution is 0.708. The van der Waals surface area contributed by atoms with Gasteiger partial charge in [-0.25, -0.2) is 4.98 Å². The van der Waals surface area contributed by atoms with Gasteiger partial charge in [-0.1, -0.05) is 11.6 Å². The second kappa shape index (κ2) is 4.46. The summed E-state index contributed by atoms with van der Waals surface area (Å²) < 4.78 is 0. The molecule has 2 aliphatic carbocycles. The Balaban J connectivity index is 1.83. The van der Waals surface area contributed by atoms with Crippen molar-refractivity contribution in [2.75, 3.05) is 11.4 Å². The van der Waals surface area contributed by atoms with Gasteiger partial charge < -0.3 is 10.6 Å². The molecule has 1 aromatic heterocycles. The first-order chi connectivity index (χ1) is 8.28. The van der Waals surface area contributed by atoms with Crippen molar-refractivity contribution in [3.8, 4) is 0 Å². The molecule has 3 rings (SSSR count). The second-order valence-corrected chi connectivity index (χ2v) is 5.59. The molecule has 1 aromatic rings. The monoisotopic (exact) mass is 251 g/mol. The first-order valence-corrected chi connectivity index (χ1v) is 6.77. The first-order valence-electron chi connectivity index (χ1n) is 6.39. The zero-order chi connectivity index (χ0) is 11.8. The summed E-state index contributed by atoms with van der Waals surface area (Å²) in [4.78, 5) is 6.91. The van der Waals surface area contributed by atoms with Gasteiger partial charge in [0.15, 0.2) is 0 Å². The molecule has 2 aliphatic rings. The topological polar surface area (TPSA) is 42.1 Å². The summed E-state index contributed by atoms with van der Waals surface area (Å²) in [6.07, 6.45) is 7.14. The van der Waals surface area contributed by atoms with E-state index < -0.39 is 0 Å². The fraction of sp³-hybridized carbons (Fsp3) is 0.615. The highest BCUT2D eigenvalue weighted by Crippen LogP contribution is 2.39. The Hall–Kier alpha value is -0.800. The van der Waals surface area contributed by atoms with Gasteiger partial charge in [0.2, 0.25) is 0 Å². The number of nitrogens with zero attached hydrogens (tertiary/aromatic N) is 2. The summed E-state index contributed by atoms with van der Waals surface area (Å²) in [7, 11) is 0. The van der Waals surface area contributed by atoms with Gasteiger partial charge in [0, 0.05) is 25.3 Å². The maximum absolute atomic E-state index is 6.32. The zero-order valence-corrected chi connectivity index (χ0v) is 10.7. The van der Waals surface area contributed by atoms with E-state index >= 15 is 0 Å². The SMILES string of the molecule is NCc1cnc(N(CC2CC2)C2CC2)c(Cl)c1. The number of halogens is 1. The summed E-state index contributed by atoms with van der Waals surface area (Å²) in [6.45, 7) is 1.62. The van der Waals surface area contributed by atoms with Crippen molar-refractivity contribution >= 4 is 17.4 Å². The van der Waals surface area contributed by atoms with Gasteiger partial charge in [-0.3, -0.25) is 0 Å². The molecule has 3 nitrogen and oxygen atoms in total. The number of rotatable bonds is 5. The van der Waals surface area contributed by atoms with Crippen molar-refractivity contribution in [3.63, 3.8) is 0 Å². The fourth-order valence-corrected chi connectivity index (χ4v) is 2.46. The average molecular weight is 252 g/mol. The highest BCUT2D eigenvalue weighted by molar-refractivity contribution is 6.33. The number of hydrogen-bond donors (Lipinski definition) is 1. The van der Waals surface area contributed by atoms with Crippen molar-refractivity contribution in [1.82, 2.24) is 4.98 Å². The van der Waals surface area contributed by atoms with E-state index in [1.807, 2.05) is 12.3 Å². The van der Waals surface area contributed by atoms with Gasteiger partial charge in [0.05, 0.1) is 5.02 Å². The predicted octanol–water partition coefficient (Wildman–Crippen LogP) is 2.57.